The maximum absolute atomic E-state index is 12.7. The van der Waals surface area contributed by atoms with Gasteiger partial charge in [-0.15, -0.1) is 0 Å². The Morgan fingerprint density at radius 2 is 2.22 bits per heavy atom. The lowest BCUT2D eigenvalue weighted by atomic mass is 10.5. The van der Waals surface area contributed by atoms with E-state index in [1.54, 1.807) is 6.92 Å². The van der Waals surface area contributed by atoms with Crippen LogP contribution in [0.5, 0.6) is 0 Å². The summed E-state index contributed by atoms with van der Waals surface area (Å²) >= 11 is 5.34. The molecule has 1 rings (SSSR count). The number of hydrogen-bond acceptors (Lipinski definition) is 1. The van der Waals surface area contributed by atoms with Gasteiger partial charge in [0.25, 0.3) is 0 Å². The molecule has 0 saturated heterocycles. The van der Waals surface area contributed by atoms with Gasteiger partial charge in [0.15, 0.2) is 0 Å². The molecule has 0 N–H and O–H groups in total. The SMILES string of the molecule is CCO[C@@H]1[C@@H](C)[C@]1(F)Cl. The zero-order chi connectivity index (χ0) is 7.07. The van der Waals surface area contributed by atoms with Crippen LogP contribution in [0.25, 0.3) is 0 Å². The Hall–Kier alpha value is 0.180. The van der Waals surface area contributed by atoms with Crippen molar-refractivity contribution in [2.75, 3.05) is 6.61 Å². The monoisotopic (exact) mass is 152 g/mol. The lowest BCUT2D eigenvalue weighted by Gasteiger charge is -1.95. The number of alkyl halides is 2. The second kappa shape index (κ2) is 2.10. The summed E-state index contributed by atoms with van der Waals surface area (Å²) in [7, 11) is 0. The number of halogens is 2. The summed E-state index contributed by atoms with van der Waals surface area (Å²) in [5.41, 5.74) is 0. The Balaban J connectivity index is 2.33. The normalized spacial score (nSPS) is 49.3. The first-order chi connectivity index (χ1) is 4.10. The van der Waals surface area contributed by atoms with E-state index in [2.05, 4.69) is 0 Å². The van der Waals surface area contributed by atoms with E-state index in [9.17, 15) is 4.39 Å². The van der Waals surface area contributed by atoms with Crippen LogP contribution in [0.2, 0.25) is 0 Å². The van der Waals surface area contributed by atoms with E-state index < -0.39 is 5.13 Å². The van der Waals surface area contributed by atoms with Crippen LogP contribution in [0, 0.1) is 5.92 Å². The standard InChI is InChI=1S/C6H10ClFO/c1-3-9-5-4(2)6(5,7)8/h4-5H,3H2,1-2H3/t4-,5-,6-/m1/s1. The van der Waals surface area contributed by atoms with Crippen molar-refractivity contribution in [1.82, 2.24) is 0 Å². The molecule has 0 bridgehead atoms. The van der Waals surface area contributed by atoms with E-state index in [1.165, 1.54) is 0 Å². The van der Waals surface area contributed by atoms with Gasteiger partial charge in [-0.25, -0.2) is 4.39 Å². The minimum Gasteiger partial charge on any atom is -0.373 e. The molecule has 9 heavy (non-hydrogen) atoms. The third-order valence-corrected chi connectivity index (χ3v) is 2.24. The third-order valence-electron chi connectivity index (χ3n) is 1.68. The van der Waals surface area contributed by atoms with E-state index in [-0.39, 0.29) is 12.0 Å². The van der Waals surface area contributed by atoms with Gasteiger partial charge in [0.05, 0.1) is 0 Å². The highest BCUT2D eigenvalue weighted by molar-refractivity contribution is 6.25. The van der Waals surface area contributed by atoms with Crippen molar-refractivity contribution < 1.29 is 9.13 Å². The molecule has 0 heterocycles. The average Bonchev–Trinajstić information content (AvgIpc) is 2.19. The first-order valence-corrected chi connectivity index (χ1v) is 3.48. The van der Waals surface area contributed by atoms with Gasteiger partial charge in [-0.2, -0.15) is 0 Å². The third kappa shape index (κ3) is 1.06. The van der Waals surface area contributed by atoms with Gasteiger partial charge in [0.1, 0.15) is 6.10 Å². The van der Waals surface area contributed by atoms with Gasteiger partial charge in [0.2, 0.25) is 5.13 Å². The Morgan fingerprint density at radius 1 is 1.78 bits per heavy atom. The minimum absolute atomic E-state index is 0.140. The van der Waals surface area contributed by atoms with E-state index in [0.29, 0.717) is 6.61 Å². The summed E-state index contributed by atoms with van der Waals surface area (Å²) < 4.78 is 17.7. The summed E-state index contributed by atoms with van der Waals surface area (Å²) in [6, 6.07) is 0. The van der Waals surface area contributed by atoms with Crippen LogP contribution < -0.4 is 0 Å². The predicted molar refractivity (Wildman–Crippen MR) is 34.3 cm³/mol. The molecule has 1 fully saturated rings. The van der Waals surface area contributed by atoms with Crippen LogP contribution in [0.4, 0.5) is 4.39 Å². The summed E-state index contributed by atoms with van der Waals surface area (Å²) in [6.45, 7) is 4.11. The van der Waals surface area contributed by atoms with Crippen LogP contribution in [0.3, 0.4) is 0 Å². The molecule has 3 atom stereocenters. The van der Waals surface area contributed by atoms with E-state index in [0.717, 1.165) is 0 Å². The smallest absolute Gasteiger partial charge is 0.214 e. The molecular weight excluding hydrogens is 143 g/mol. The number of rotatable bonds is 2. The zero-order valence-electron chi connectivity index (χ0n) is 5.53. The van der Waals surface area contributed by atoms with Crippen LogP contribution in [0.1, 0.15) is 13.8 Å². The van der Waals surface area contributed by atoms with Gasteiger partial charge >= 0.3 is 0 Å². The molecule has 54 valence electrons. The van der Waals surface area contributed by atoms with Crippen LogP contribution in [-0.2, 0) is 4.74 Å². The molecule has 0 spiro atoms. The van der Waals surface area contributed by atoms with E-state index in [1.807, 2.05) is 6.92 Å². The van der Waals surface area contributed by atoms with Gasteiger partial charge in [-0.3, -0.25) is 0 Å². The second-order valence-corrected chi connectivity index (χ2v) is 2.92. The Morgan fingerprint density at radius 3 is 2.33 bits per heavy atom. The van der Waals surface area contributed by atoms with Crippen LogP contribution >= 0.6 is 11.6 Å². The van der Waals surface area contributed by atoms with Crippen LogP contribution in [-0.4, -0.2) is 17.8 Å². The van der Waals surface area contributed by atoms with Crippen molar-refractivity contribution in [3.63, 3.8) is 0 Å². The van der Waals surface area contributed by atoms with Gasteiger partial charge < -0.3 is 4.74 Å². The Bertz CT molecular complexity index is 116. The first-order valence-electron chi connectivity index (χ1n) is 3.10. The molecule has 1 saturated carbocycles. The second-order valence-electron chi connectivity index (χ2n) is 2.34. The lowest BCUT2D eigenvalue weighted by Crippen LogP contribution is -2.01. The van der Waals surface area contributed by atoms with Gasteiger partial charge in [0, 0.05) is 12.5 Å². The maximum atomic E-state index is 12.7. The fourth-order valence-electron chi connectivity index (χ4n) is 0.879. The maximum Gasteiger partial charge on any atom is 0.214 e. The van der Waals surface area contributed by atoms with Crippen LogP contribution in [0.15, 0.2) is 0 Å². The Kier molecular flexibility index (Phi) is 1.70. The van der Waals surface area contributed by atoms with Crippen molar-refractivity contribution in [2.45, 2.75) is 25.1 Å². The van der Waals surface area contributed by atoms with Crippen molar-refractivity contribution in [3.8, 4) is 0 Å². The highest BCUT2D eigenvalue weighted by atomic mass is 35.5. The van der Waals surface area contributed by atoms with Crippen molar-refractivity contribution >= 4 is 11.6 Å². The molecule has 1 aliphatic carbocycles. The average molecular weight is 153 g/mol. The molecule has 0 aromatic rings. The molecule has 0 unspecified atom stereocenters. The fraction of sp³-hybridized carbons (Fsp3) is 1.00. The van der Waals surface area contributed by atoms with Crippen molar-refractivity contribution in [1.29, 1.82) is 0 Å². The van der Waals surface area contributed by atoms with E-state index in [4.69, 9.17) is 16.3 Å². The first kappa shape index (κ1) is 7.29. The molecular formula is C6H10ClFO. The van der Waals surface area contributed by atoms with Gasteiger partial charge in [-0.1, -0.05) is 18.5 Å². The fourth-order valence-corrected chi connectivity index (χ4v) is 1.18. The summed E-state index contributed by atoms with van der Waals surface area (Å²) in [5.74, 6) is -0.140. The summed E-state index contributed by atoms with van der Waals surface area (Å²) in [6.07, 6.45) is -0.371. The number of hydrogen-bond donors (Lipinski definition) is 0. The molecule has 0 radical (unpaired) electrons. The quantitative estimate of drug-likeness (QED) is 0.550. The number of ether oxygens (including phenoxy) is 1. The predicted octanol–water partition coefficient (Wildman–Crippen LogP) is 1.95. The molecule has 0 aliphatic heterocycles. The van der Waals surface area contributed by atoms with E-state index >= 15 is 0 Å². The zero-order valence-corrected chi connectivity index (χ0v) is 6.28. The highest BCUT2D eigenvalue weighted by Crippen LogP contribution is 2.52. The Labute approximate surface area is 59.1 Å². The molecule has 1 aliphatic rings. The van der Waals surface area contributed by atoms with Gasteiger partial charge in [-0.05, 0) is 6.92 Å². The van der Waals surface area contributed by atoms with Crippen molar-refractivity contribution in [3.05, 3.63) is 0 Å². The molecule has 1 nitrogen and oxygen atoms in total. The minimum atomic E-state index is -1.57. The molecule has 0 amide bonds. The highest BCUT2D eigenvalue weighted by Gasteiger charge is 2.64. The summed E-state index contributed by atoms with van der Waals surface area (Å²) in [4.78, 5) is 0. The molecule has 0 aromatic heterocycles. The van der Waals surface area contributed by atoms with Crippen molar-refractivity contribution in [2.24, 2.45) is 5.92 Å². The molecule has 3 heteroatoms. The summed E-state index contributed by atoms with van der Waals surface area (Å²) in [5, 5.41) is -1.57. The largest absolute Gasteiger partial charge is 0.373 e. The molecule has 0 aromatic carbocycles. The lowest BCUT2D eigenvalue weighted by molar-refractivity contribution is 0.102. The topological polar surface area (TPSA) is 9.23 Å².